The number of rotatable bonds is 5. The summed E-state index contributed by atoms with van der Waals surface area (Å²) in [6.45, 7) is 2.07. The van der Waals surface area contributed by atoms with Crippen molar-refractivity contribution in [3.63, 3.8) is 0 Å². The van der Waals surface area contributed by atoms with Crippen LogP contribution < -0.4 is 21.5 Å². The van der Waals surface area contributed by atoms with Crippen molar-refractivity contribution < 1.29 is 0 Å². The second-order valence-corrected chi connectivity index (χ2v) is 10.4. The second-order valence-electron chi connectivity index (χ2n) is 10.4. The lowest BCUT2D eigenvalue weighted by Crippen LogP contribution is -2.27. The third kappa shape index (κ3) is 4.96. The number of hydrogen-bond acceptors (Lipinski definition) is 6. The molecule has 3 aliphatic rings. The van der Waals surface area contributed by atoms with E-state index < -0.39 is 0 Å². The quantitative estimate of drug-likeness (QED) is 0.446. The van der Waals surface area contributed by atoms with Gasteiger partial charge in [0, 0.05) is 47.5 Å². The fraction of sp³-hybridized carbons (Fsp3) is 0.483. The number of aromatic nitrogens is 3. The minimum atomic E-state index is -0.0126. The first kappa shape index (κ1) is 23.1. The van der Waals surface area contributed by atoms with E-state index in [1.165, 1.54) is 12.8 Å². The van der Waals surface area contributed by atoms with E-state index in [0.717, 1.165) is 74.8 Å². The molecule has 2 aromatic heterocycles. The lowest BCUT2D eigenvalue weighted by atomic mass is 10.1. The highest BCUT2D eigenvalue weighted by Gasteiger charge is 2.23. The van der Waals surface area contributed by atoms with Gasteiger partial charge in [0.1, 0.15) is 5.65 Å². The fourth-order valence-electron chi connectivity index (χ4n) is 5.81. The molecular weight excluding hydrogens is 448 g/mol. The third-order valence-corrected chi connectivity index (χ3v) is 7.80. The van der Waals surface area contributed by atoms with Crippen LogP contribution in [0.5, 0.6) is 0 Å². The van der Waals surface area contributed by atoms with Gasteiger partial charge in [-0.2, -0.15) is 4.98 Å². The summed E-state index contributed by atoms with van der Waals surface area (Å²) < 4.78 is 1.90. The average molecular weight is 483 g/mol. The Morgan fingerprint density at radius 2 is 1.72 bits per heavy atom. The Balaban J connectivity index is 1.29. The van der Waals surface area contributed by atoms with E-state index in [1.807, 2.05) is 29.0 Å². The van der Waals surface area contributed by atoms with Crippen LogP contribution >= 0.6 is 0 Å². The first-order valence-corrected chi connectivity index (χ1v) is 13.5. The highest BCUT2D eigenvalue weighted by molar-refractivity contribution is 5.77. The Kier molecular flexibility index (Phi) is 6.61. The molecule has 0 amide bonds. The van der Waals surface area contributed by atoms with Crippen molar-refractivity contribution in [2.24, 2.45) is 5.92 Å². The molecule has 0 spiro atoms. The minimum absolute atomic E-state index is 0.0126. The molecule has 1 aliphatic heterocycles. The minimum Gasteiger partial charge on any atom is -0.381 e. The zero-order valence-corrected chi connectivity index (χ0v) is 20.7. The standard InChI is InChI=1S/C29H34N6O/c36-28-21(10-9-20-5-1-2-6-20)17-22-18-31-29(34-27(22)35(28)26-7-3-4-8-26)33-24-13-11-23(12-14-24)32-25-15-16-30-19-25/h11-14,17-18,20,25-26,30,32H,1-8,15-16,19H2,(H,31,33,34). The number of benzene rings is 1. The van der Waals surface area contributed by atoms with Crippen molar-refractivity contribution in [3.8, 4) is 11.8 Å². The van der Waals surface area contributed by atoms with Crippen LogP contribution in [0.25, 0.3) is 11.0 Å². The predicted molar refractivity (Wildman–Crippen MR) is 145 cm³/mol. The Bertz CT molecular complexity index is 1330. The molecule has 0 bridgehead atoms. The van der Waals surface area contributed by atoms with Crippen LogP contribution in [-0.4, -0.2) is 33.7 Å². The van der Waals surface area contributed by atoms with Crippen LogP contribution in [0.4, 0.5) is 17.3 Å². The number of pyridine rings is 1. The molecule has 7 heteroatoms. The molecule has 7 nitrogen and oxygen atoms in total. The molecule has 2 saturated carbocycles. The maximum Gasteiger partial charge on any atom is 0.268 e. The SMILES string of the molecule is O=c1c(C#CC2CCCC2)cc2cnc(Nc3ccc(NC4CCNC4)cc3)nc2n1C1CCCC1. The van der Waals surface area contributed by atoms with Crippen LogP contribution in [0, 0.1) is 17.8 Å². The summed E-state index contributed by atoms with van der Waals surface area (Å²) in [7, 11) is 0. The molecule has 1 saturated heterocycles. The van der Waals surface area contributed by atoms with E-state index in [0.29, 0.717) is 29.1 Å². The Morgan fingerprint density at radius 3 is 2.47 bits per heavy atom. The van der Waals surface area contributed by atoms with Gasteiger partial charge in [-0.1, -0.05) is 37.5 Å². The maximum atomic E-state index is 13.6. The Hall–Kier alpha value is -3.37. The smallest absolute Gasteiger partial charge is 0.268 e. The normalized spacial score (nSPS) is 20.5. The molecule has 186 valence electrons. The summed E-state index contributed by atoms with van der Waals surface area (Å²) >= 11 is 0. The summed E-state index contributed by atoms with van der Waals surface area (Å²) in [6.07, 6.45) is 12.0. The number of nitrogens with zero attached hydrogens (tertiary/aromatic N) is 3. The summed E-state index contributed by atoms with van der Waals surface area (Å²) in [5.41, 5.74) is 3.28. The van der Waals surface area contributed by atoms with Gasteiger partial charge in [-0.05, 0) is 69.0 Å². The van der Waals surface area contributed by atoms with Gasteiger partial charge in [-0.25, -0.2) is 4.98 Å². The molecule has 3 aromatic rings. The Labute approximate surface area is 212 Å². The van der Waals surface area contributed by atoms with Gasteiger partial charge in [0.2, 0.25) is 5.95 Å². The van der Waals surface area contributed by atoms with Crippen molar-refractivity contribution in [2.75, 3.05) is 23.7 Å². The van der Waals surface area contributed by atoms with Gasteiger partial charge in [0.05, 0.1) is 5.56 Å². The molecule has 0 radical (unpaired) electrons. The predicted octanol–water partition coefficient (Wildman–Crippen LogP) is 4.97. The summed E-state index contributed by atoms with van der Waals surface area (Å²) in [6, 6.07) is 10.7. The maximum absolute atomic E-state index is 13.6. The Morgan fingerprint density at radius 1 is 0.972 bits per heavy atom. The van der Waals surface area contributed by atoms with E-state index in [4.69, 9.17) is 4.98 Å². The molecule has 1 atom stereocenters. The molecule has 36 heavy (non-hydrogen) atoms. The van der Waals surface area contributed by atoms with E-state index >= 15 is 0 Å². The zero-order valence-electron chi connectivity index (χ0n) is 20.7. The van der Waals surface area contributed by atoms with Gasteiger partial charge < -0.3 is 16.0 Å². The molecule has 3 N–H and O–H groups in total. The van der Waals surface area contributed by atoms with E-state index in [2.05, 4.69) is 44.9 Å². The second kappa shape index (κ2) is 10.3. The van der Waals surface area contributed by atoms with Gasteiger partial charge in [0.25, 0.3) is 5.56 Å². The average Bonchev–Trinajstić information content (AvgIpc) is 3.68. The van der Waals surface area contributed by atoms with E-state index in [1.54, 1.807) is 0 Å². The lowest BCUT2D eigenvalue weighted by molar-refractivity contribution is 0.515. The van der Waals surface area contributed by atoms with Gasteiger partial charge in [-0.3, -0.25) is 9.36 Å². The highest BCUT2D eigenvalue weighted by atomic mass is 16.1. The molecular formula is C29H34N6O. The topological polar surface area (TPSA) is 83.9 Å². The number of nitrogens with one attached hydrogen (secondary N) is 3. The zero-order chi connectivity index (χ0) is 24.3. The van der Waals surface area contributed by atoms with Crippen molar-refractivity contribution in [2.45, 2.75) is 69.9 Å². The first-order valence-electron chi connectivity index (χ1n) is 13.5. The monoisotopic (exact) mass is 482 g/mol. The van der Waals surface area contributed by atoms with E-state index in [-0.39, 0.29) is 11.6 Å². The van der Waals surface area contributed by atoms with Crippen molar-refractivity contribution >= 4 is 28.4 Å². The first-order chi connectivity index (χ1) is 17.7. The van der Waals surface area contributed by atoms with Crippen LogP contribution in [0.1, 0.15) is 69.4 Å². The number of fused-ring (bicyclic) bond motifs is 1. The van der Waals surface area contributed by atoms with E-state index in [9.17, 15) is 4.79 Å². The summed E-state index contributed by atoms with van der Waals surface area (Å²) in [4.78, 5) is 23.0. The van der Waals surface area contributed by atoms with Crippen molar-refractivity contribution in [1.29, 1.82) is 0 Å². The van der Waals surface area contributed by atoms with Crippen LogP contribution in [-0.2, 0) is 0 Å². The summed E-state index contributed by atoms with van der Waals surface area (Å²) in [5.74, 6) is 7.51. The molecule has 1 aromatic carbocycles. The number of anilines is 3. The molecule has 3 heterocycles. The van der Waals surface area contributed by atoms with Crippen LogP contribution in [0.3, 0.4) is 0 Å². The number of hydrogen-bond donors (Lipinski definition) is 3. The molecule has 2 aliphatic carbocycles. The fourth-order valence-corrected chi connectivity index (χ4v) is 5.81. The third-order valence-electron chi connectivity index (χ3n) is 7.80. The van der Waals surface area contributed by atoms with Crippen molar-refractivity contribution in [3.05, 3.63) is 52.4 Å². The largest absolute Gasteiger partial charge is 0.381 e. The van der Waals surface area contributed by atoms with Gasteiger partial charge >= 0.3 is 0 Å². The molecule has 6 rings (SSSR count). The lowest BCUT2D eigenvalue weighted by Gasteiger charge is -2.17. The molecule has 1 unspecified atom stereocenters. The van der Waals surface area contributed by atoms with Crippen molar-refractivity contribution in [1.82, 2.24) is 19.9 Å². The van der Waals surface area contributed by atoms with Gasteiger partial charge in [-0.15, -0.1) is 0 Å². The van der Waals surface area contributed by atoms with Crippen LogP contribution in [0.15, 0.2) is 41.3 Å². The molecule has 3 fully saturated rings. The summed E-state index contributed by atoms with van der Waals surface area (Å²) in [5, 5.41) is 11.1. The van der Waals surface area contributed by atoms with Gasteiger partial charge in [0.15, 0.2) is 0 Å². The van der Waals surface area contributed by atoms with Crippen LogP contribution in [0.2, 0.25) is 0 Å². The highest BCUT2D eigenvalue weighted by Crippen LogP contribution is 2.31.